The first-order valence-corrected chi connectivity index (χ1v) is 9.96. The smallest absolute Gasteiger partial charge is 0.254 e. The quantitative estimate of drug-likeness (QED) is 0.731. The van der Waals surface area contributed by atoms with Crippen LogP contribution in [0, 0.1) is 0 Å². The highest BCUT2D eigenvalue weighted by atomic mass is 16.2. The number of rotatable bonds is 2. The maximum absolute atomic E-state index is 13.7. The second kappa shape index (κ2) is 7.00. The van der Waals surface area contributed by atoms with Crippen LogP contribution in [0.3, 0.4) is 0 Å². The summed E-state index contributed by atoms with van der Waals surface area (Å²) in [4.78, 5) is 22.2. The molecule has 7 nitrogen and oxygen atoms in total. The first-order valence-electron chi connectivity index (χ1n) is 9.96. The summed E-state index contributed by atoms with van der Waals surface area (Å²) in [5.74, 6) is 0.734. The number of benzene rings is 2. The molecule has 1 saturated heterocycles. The zero-order valence-corrected chi connectivity index (χ0v) is 16.7. The van der Waals surface area contributed by atoms with Gasteiger partial charge in [0.05, 0.1) is 5.57 Å². The van der Waals surface area contributed by atoms with Gasteiger partial charge in [-0.15, -0.1) is 0 Å². The van der Waals surface area contributed by atoms with Crippen LogP contribution in [0.25, 0.3) is 10.8 Å². The van der Waals surface area contributed by atoms with Crippen molar-refractivity contribution in [3.8, 4) is 0 Å². The summed E-state index contributed by atoms with van der Waals surface area (Å²) in [6, 6.07) is 14.2. The summed E-state index contributed by atoms with van der Waals surface area (Å²) >= 11 is 0. The van der Waals surface area contributed by atoms with Gasteiger partial charge in [-0.1, -0.05) is 42.5 Å². The van der Waals surface area contributed by atoms with Gasteiger partial charge in [0.15, 0.2) is 0 Å². The molecular formula is C22H24N6O. The molecule has 2 aliphatic rings. The molecule has 1 aromatic heterocycles. The second-order valence-electron chi connectivity index (χ2n) is 7.76. The van der Waals surface area contributed by atoms with Crippen LogP contribution >= 0.6 is 0 Å². The molecule has 1 atom stereocenters. The van der Waals surface area contributed by atoms with Crippen LogP contribution in [0.15, 0.2) is 60.1 Å². The molecule has 2 aromatic carbocycles. The van der Waals surface area contributed by atoms with Crippen molar-refractivity contribution in [1.29, 1.82) is 0 Å². The highest BCUT2D eigenvalue weighted by Crippen LogP contribution is 2.38. The van der Waals surface area contributed by atoms with Crippen molar-refractivity contribution < 1.29 is 4.79 Å². The fraction of sp³-hybridized carbons (Fsp3) is 0.318. The van der Waals surface area contributed by atoms with E-state index in [1.54, 1.807) is 0 Å². The molecule has 5 rings (SSSR count). The lowest BCUT2D eigenvalue weighted by Gasteiger charge is -2.36. The second-order valence-corrected chi connectivity index (χ2v) is 7.76. The predicted molar refractivity (Wildman–Crippen MR) is 113 cm³/mol. The number of aromatic nitrogens is 3. The number of nitrogens with zero attached hydrogens (tertiary/aromatic N) is 5. The zero-order chi connectivity index (χ0) is 20.0. The van der Waals surface area contributed by atoms with E-state index in [0.29, 0.717) is 5.95 Å². The molecule has 1 amide bonds. The van der Waals surface area contributed by atoms with Crippen molar-refractivity contribution in [2.45, 2.75) is 13.0 Å². The number of fused-ring (bicyclic) bond motifs is 2. The summed E-state index contributed by atoms with van der Waals surface area (Å²) in [7, 11) is 2.09. The summed E-state index contributed by atoms with van der Waals surface area (Å²) < 4.78 is 1.83. The molecule has 1 fully saturated rings. The Kier molecular flexibility index (Phi) is 4.32. The van der Waals surface area contributed by atoms with Crippen molar-refractivity contribution in [3.63, 3.8) is 0 Å². The molecule has 1 unspecified atom stereocenters. The van der Waals surface area contributed by atoms with E-state index < -0.39 is 0 Å². The Morgan fingerprint density at radius 1 is 1.07 bits per heavy atom. The molecular weight excluding hydrogens is 364 g/mol. The molecule has 2 aliphatic heterocycles. The zero-order valence-electron chi connectivity index (χ0n) is 16.7. The number of allylic oxidation sites excluding steroid dienone is 1. The van der Waals surface area contributed by atoms with E-state index in [2.05, 4.69) is 51.6 Å². The molecule has 3 aromatic rings. The number of carbonyl (C=O) groups excluding carboxylic acids is 1. The molecule has 0 saturated carbocycles. The van der Waals surface area contributed by atoms with E-state index in [0.717, 1.165) is 53.8 Å². The van der Waals surface area contributed by atoms with Crippen LogP contribution in [0.4, 0.5) is 5.95 Å². The van der Waals surface area contributed by atoms with Gasteiger partial charge >= 0.3 is 0 Å². The molecule has 0 radical (unpaired) electrons. The number of carbonyl (C=O) groups is 1. The Morgan fingerprint density at radius 3 is 2.66 bits per heavy atom. The number of amides is 1. The number of anilines is 1. The van der Waals surface area contributed by atoms with Gasteiger partial charge < -0.3 is 15.1 Å². The molecule has 0 bridgehead atoms. The van der Waals surface area contributed by atoms with E-state index in [1.165, 1.54) is 6.33 Å². The first-order chi connectivity index (χ1) is 14.1. The van der Waals surface area contributed by atoms with E-state index in [1.807, 2.05) is 34.7 Å². The van der Waals surface area contributed by atoms with Gasteiger partial charge in [-0.05, 0) is 30.3 Å². The van der Waals surface area contributed by atoms with Crippen molar-refractivity contribution >= 4 is 22.6 Å². The molecule has 7 heteroatoms. The molecule has 0 aliphatic carbocycles. The van der Waals surface area contributed by atoms with Gasteiger partial charge in [0.2, 0.25) is 5.95 Å². The van der Waals surface area contributed by atoms with Crippen LogP contribution in [0.1, 0.15) is 18.5 Å². The van der Waals surface area contributed by atoms with Gasteiger partial charge in [0, 0.05) is 31.9 Å². The van der Waals surface area contributed by atoms with Gasteiger partial charge in [0.25, 0.3) is 5.91 Å². The third-order valence-electron chi connectivity index (χ3n) is 5.93. The summed E-state index contributed by atoms with van der Waals surface area (Å²) in [6.07, 6.45) is 1.54. The minimum atomic E-state index is -0.313. The monoisotopic (exact) mass is 388 g/mol. The SMILES string of the molecule is CC1=C(C(=O)N2CCN(C)CC2)C(c2cccc3ccccc23)n2ncnc2N1. The minimum absolute atomic E-state index is 0.0715. The van der Waals surface area contributed by atoms with Crippen molar-refractivity contribution in [3.05, 3.63) is 65.6 Å². The third kappa shape index (κ3) is 2.98. The Balaban J connectivity index is 1.65. The largest absolute Gasteiger partial charge is 0.336 e. The van der Waals surface area contributed by atoms with Crippen LogP contribution in [-0.2, 0) is 4.79 Å². The summed E-state index contributed by atoms with van der Waals surface area (Å²) in [6.45, 7) is 5.20. The number of piperazine rings is 1. The average molecular weight is 388 g/mol. The van der Waals surface area contributed by atoms with E-state index in [9.17, 15) is 4.79 Å². The number of hydrogen-bond donors (Lipinski definition) is 1. The lowest BCUT2D eigenvalue weighted by molar-refractivity contribution is -0.129. The predicted octanol–water partition coefficient (Wildman–Crippen LogP) is 2.49. The average Bonchev–Trinajstić information content (AvgIpc) is 3.20. The highest BCUT2D eigenvalue weighted by Gasteiger charge is 2.36. The van der Waals surface area contributed by atoms with Gasteiger partial charge in [-0.25, -0.2) is 4.68 Å². The maximum atomic E-state index is 13.7. The van der Waals surface area contributed by atoms with Crippen molar-refractivity contribution in [2.24, 2.45) is 0 Å². The molecule has 1 N–H and O–H groups in total. The standard InChI is InChI=1S/C22H24N6O/c1-15-19(21(29)27-12-10-26(2)11-13-27)20(28-22(25-15)23-14-24-28)18-9-5-7-16-6-3-4-8-17(16)18/h3-9,14,20H,10-13H2,1-2H3,(H,23,24,25). The topological polar surface area (TPSA) is 66.3 Å². The van der Waals surface area contributed by atoms with Crippen molar-refractivity contribution in [1.82, 2.24) is 24.6 Å². The third-order valence-corrected chi connectivity index (χ3v) is 5.93. The van der Waals surface area contributed by atoms with Crippen LogP contribution in [0.5, 0.6) is 0 Å². The molecule has 148 valence electrons. The Morgan fingerprint density at radius 2 is 1.83 bits per heavy atom. The lowest BCUT2D eigenvalue weighted by atomic mass is 9.90. The molecule has 0 spiro atoms. The molecule has 3 heterocycles. The first kappa shape index (κ1) is 17.9. The number of nitrogens with one attached hydrogen (secondary N) is 1. The summed E-state index contributed by atoms with van der Waals surface area (Å²) in [5, 5.41) is 10.0. The number of hydrogen-bond acceptors (Lipinski definition) is 5. The normalized spacial score (nSPS) is 19.9. The van der Waals surface area contributed by atoms with Crippen molar-refractivity contribution in [2.75, 3.05) is 38.5 Å². The van der Waals surface area contributed by atoms with Crippen LogP contribution < -0.4 is 5.32 Å². The molecule has 29 heavy (non-hydrogen) atoms. The van der Waals surface area contributed by atoms with Gasteiger partial charge in [-0.2, -0.15) is 10.1 Å². The minimum Gasteiger partial charge on any atom is -0.336 e. The van der Waals surface area contributed by atoms with Gasteiger partial charge in [-0.3, -0.25) is 4.79 Å². The fourth-order valence-corrected chi connectivity index (χ4v) is 4.32. The fourth-order valence-electron chi connectivity index (χ4n) is 4.32. The Labute approximate surface area is 169 Å². The summed E-state index contributed by atoms with van der Waals surface area (Å²) in [5.41, 5.74) is 2.64. The van der Waals surface area contributed by atoms with E-state index in [4.69, 9.17) is 0 Å². The Hall–Kier alpha value is -3.19. The lowest BCUT2D eigenvalue weighted by Crippen LogP contribution is -2.49. The van der Waals surface area contributed by atoms with Gasteiger partial charge in [0.1, 0.15) is 12.4 Å². The maximum Gasteiger partial charge on any atom is 0.254 e. The van der Waals surface area contributed by atoms with Crippen LogP contribution in [0.2, 0.25) is 0 Å². The Bertz CT molecular complexity index is 1100. The number of likely N-dealkylation sites (N-methyl/N-ethyl adjacent to an activating group) is 1. The van der Waals surface area contributed by atoms with Crippen LogP contribution in [-0.4, -0.2) is 63.7 Å². The highest BCUT2D eigenvalue weighted by molar-refractivity contribution is 5.98. The van der Waals surface area contributed by atoms with E-state index in [-0.39, 0.29) is 11.9 Å². The van der Waals surface area contributed by atoms with E-state index >= 15 is 0 Å².